The van der Waals surface area contributed by atoms with Gasteiger partial charge in [-0.15, -0.1) is 0 Å². The molecule has 31 heavy (non-hydrogen) atoms. The first kappa shape index (κ1) is 22.1. The largest absolute Gasteiger partial charge is 0.502 e. The van der Waals surface area contributed by atoms with Crippen molar-refractivity contribution in [2.24, 2.45) is 7.05 Å². The minimum absolute atomic E-state index is 0.138. The molecule has 7 heteroatoms. The van der Waals surface area contributed by atoms with E-state index < -0.39 is 23.0 Å². The fourth-order valence-electron chi connectivity index (χ4n) is 3.25. The molecule has 6 nitrogen and oxygen atoms in total. The Hall–Kier alpha value is -3.61. The highest BCUT2D eigenvalue weighted by Gasteiger charge is 2.19. The lowest BCUT2D eigenvalue weighted by Crippen LogP contribution is -2.28. The second-order valence-electron chi connectivity index (χ2n) is 7.30. The van der Waals surface area contributed by atoms with Crippen molar-refractivity contribution in [1.29, 1.82) is 0 Å². The highest BCUT2D eigenvalue weighted by Crippen LogP contribution is 2.24. The van der Waals surface area contributed by atoms with E-state index in [4.69, 9.17) is 4.74 Å². The van der Waals surface area contributed by atoms with Gasteiger partial charge in [0.25, 0.3) is 11.5 Å². The summed E-state index contributed by atoms with van der Waals surface area (Å²) in [7, 11) is 1.46. The molecular weight excluding hydrogens is 399 g/mol. The Kier molecular flexibility index (Phi) is 7.07. The van der Waals surface area contributed by atoms with Crippen molar-refractivity contribution in [1.82, 2.24) is 9.88 Å². The van der Waals surface area contributed by atoms with E-state index >= 15 is 0 Å². The Morgan fingerprint density at radius 2 is 1.87 bits per heavy atom. The number of benzene rings is 2. The molecule has 0 atom stereocenters. The molecule has 0 aliphatic rings. The summed E-state index contributed by atoms with van der Waals surface area (Å²) < 4.78 is 20.6. The summed E-state index contributed by atoms with van der Waals surface area (Å²) in [6.07, 6.45) is 1.39. The number of rotatable bonds is 8. The van der Waals surface area contributed by atoms with Crippen molar-refractivity contribution < 1.29 is 19.0 Å². The van der Waals surface area contributed by atoms with E-state index in [0.29, 0.717) is 36.4 Å². The van der Waals surface area contributed by atoms with Crippen LogP contribution in [-0.4, -0.2) is 28.7 Å². The Morgan fingerprint density at radius 1 is 1.13 bits per heavy atom. The maximum atomic E-state index is 13.8. The minimum atomic E-state index is -0.721. The zero-order valence-corrected chi connectivity index (χ0v) is 17.5. The lowest BCUT2D eigenvalue weighted by atomic mass is 10.0. The molecule has 0 aliphatic heterocycles. The van der Waals surface area contributed by atoms with Gasteiger partial charge in [-0.05, 0) is 61.7 Å². The monoisotopic (exact) mass is 424 g/mol. The summed E-state index contributed by atoms with van der Waals surface area (Å²) in [5, 5.41) is 12.9. The number of carbonyl (C=O) groups excluding carboxylic acids is 1. The van der Waals surface area contributed by atoms with Crippen molar-refractivity contribution in [3.63, 3.8) is 0 Å². The first-order chi connectivity index (χ1) is 14.9. The van der Waals surface area contributed by atoms with Gasteiger partial charge < -0.3 is 19.7 Å². The molecule has 1 amide bonds. The van der Waals surface area contributed by atoms with E-state index in [0.717, 1.165) is 12.2 Å². The van der Waals surface area contributed by atoms with Crippen LogP contribution in [0.1, 0.15) is 28.8 Å². The lowest BCUT2D eigenvalue weighted by molar-refractivity contribution is 0.0949. The van der Waals surface area contributed by atoms with Crippen molar-refractivity contribution in [2.75, 3.05) is 13.2 Å². The predicted molar refractivity (Wildman–Crippen MR) is 117 cm³/mol. The highest BCUT2D eigenvalue weighted by atomic mass is 19.1. The number of aromatic hydroxyl groups is 1. The van der Waals surface area contributed by atoms with Crippen LogP contribution >= 0.6 is 0 Å². The number of ether oxygens (including phenoxy) is 1. The number of aryl methyl sites for hydroxylation is 1. The van der Waals surface area contributed by atoms with Crippen LogP contribution in [0.3, 0.4) is 0 Å². The molecule has 1 heterocycles. The van der Waals surface area contributed by atoms with Crippen LogP contribution in [-0.2, 0) is 7.05 Å². The summed E-state index contributed by atoms with van der Waals surface area (Å²) in [6, 6.07) is 15.2. The van der Waals surface area contributed by atoms with E-state index in [-0.39, 0.29) is 5.56 Å². The van der Waals surface area contributed by atoms with Gasteiger partial charge in [0.05, 0.1) is 17.9 Å². The third-order valence-corrected chi connectivity index (χ3v) is 4.86. The second kappa shape index (κ2) is 9.93. The van der Waals surface area contributed by atoms with Crippen molar-refractivity contribution in [2.45, 2.75) is 19.8 Å². The number of pyridine rings is 1. The summed E-state index contributed by atoms with van der Waals surface area (Å²) in [5.74, 6) is -0.853. The zero-order chi connectivity index (χ0) is 22.4. The third-order valence-electron chi connectivity index (χ3n) is 4.86. The molecule has 0 aliphatic carbocycles. The highest BCUT2D eigenvalue weighted by molar-refractivity contribution is 5.97. The van der Waals surface area contributed by atoms with E-state index in [1.54, 1.807) is 13.0 Å². The van der Waals surface area contributed by atoms with Crippen LogP contribution in [0.25, 0.3) is 11.3 Å². The Morgan fingerprint density at radius 3 is 2.58 bits per heavy atom. The molecule has 0 radical (unpaired) electrons. The van der Waals surface area contributed by atoms with Gasteiger partial charge in [-0.25, -0.2) is 4.39 Å². The molecule has 0 unspecified atom stereocenters. The van der Waals surface area contributed by atoms with Crippen LogP contribution in [0.4, 0.5) is 4.39 Å². The van der Waals surface area contributed by atoms with Gasteiger partial charge in [0.1, 0.15) is 11.6 Å². The van der Waals surface area contributed by atoms with Crippen molar-refractivity contribution in [3.8, 4) is 22.8 Å². The second-order valence-corrected chi connectivity index (χ2v) is 7.30. The number of hydrogen-bond acceptors (Lipinski definition) is 4. The predicted octanol–water partition coefficient (Wildman–Crippen LogP) is 3.79. The molecule has 0 saturated carbocycles. The summed E-state index contributed by atoms with van der Waals surface area (Å²) >= 11 is 0. The molecule has 0 saturated heterocycles. The Balaban J connectivity index is 1.65. The number of unbranched alkanes of at least 4 members (excludes halogenated alkanes) is 1. The molecule has 1 aromatic heterocycles. The number of hydrogen-bond donors (Lipinski definition) is 2. The van der Waals surface area contributed by atoms with E-state index in [2.05, 4.69) is 5.32 Å². The molecular formula is C24H25FN2O4. The number of nitrogens with one attached hydrogen (secondary N) is 1. The molecule has 0 bridgehead atoms. The summed E-state index contributed by atoms with van der Waals surface area (Å²) in [5.41, 5.74) is 0.608. The quantitative estimate of drug-likeness (QED) is 0.539. The van der Waals surface area contributed by atoms with Crippen LogP contribution in [0.15, 0.2) is 59.4 Å². The fourth-order valence-corrected chi connectivity index (χ4v) is 3.25. The normalized spacial score (nSPS) is 10.7. The van der Waals surface area contributed by atoms with Crippen molar-refractivity contribution >= 4 is 5.91 Å². The number of aromatic nitrogens is 1. The number of carbonyl (C=O) groups is 1. The van der Waals surface area contributed by atoms with Crippen LogP contribution < -0.4 is 15.6 Å². The number of para-hydroxylation sites is 1. The van der Waals surface area contributed by atoms with Gasteiger partial charge in [-0.1, -0.05) is 18.2 Å². The average molecular weight is 424 g/mol. The van der Waals surface area contributed by atoms with E-state index in [1.807, 2.05) is 30.3 Å². The summed E-state index contributed by atoms with van der Waals surface area (Å²) in [6.45, 7) is 2.61. The van der Waals surface area contributed by atoms with Gasteiger partial charge in [-0.2, -0.15) is 0 Å². The van der Waals surface area contributed by atoms with Gasteiger partial charge >= 0.3 is 0 Å². The molecule has 0 spiro atoms. The maximum absolute atomic E-state index is 13.8. The fraction of sp³-hybridized carbons (Fsp3) is 0.250. The van der Waals surface area contributed by atoms with Gasteiger partial charge in [0.2, 0.25) is 0 Å². The van der Waals surface area contributed by atoms with Crippen molar-refractivity contribution in [3.05, 3.63) is 81.9 Å². The molecule has 2 N–H and O–H groups in total. The molecule has 162 valence electrons. The molecule has 2 aromatic carbocycles. The molecule has 3 rings (SSSR count). The number of nitrogens with zero attached hydrogens (tertiary/aromatic N) is 1. The number of halogens is 1. The molecule has 0 fully saturated rings. The zero-order valence-electron chi connectivity index (χ0n) is 17.5. The first-order valence-electron chi connectivity index (χ1n) is 10.0. The van der Waals surface area contributed by atoms with Crippen LogP contribution in [0.5, 0.6) is 11.5 Å². The SMILES string of the molecule is Cc1cc(F)cc(-c2cc(C(=O)NCCCCOc3ccccc3)c(O)c(=O)n2C)c1. The first-order valence-corrected chi connectivity index (χ1v) is 10.0. The summed E-state index contributed by atoms with van der Waals surface area (Å²) in [4.78, 5) is 25.0. The average Bonchev–Trinajstić information content (AvgIpc) is 2.74. The Bertz CT molecular complexity index is 1110. The lowest BCUT2D eigenvalue weighted by Gasteiger charge is -2.13. The minimum Gasteiger partial charge on any atom is -0.502 e. The topological polar surface area (TPSA) is 80.6 Å². The van der Waals surface area contributed by atoms with Crippen LogP contribution in [0, 0.1) is 12.7 Å². The standard InChI is InChI=1S/C24H25FN2O4/c1-16-12-17(14-18(25)13-16)21-15-20(22(28)24(30)27(21)2)23(29)26-10-6-7-11-31-19-8-4-3-5-9-19/h3-5,8-9,12-15,28H,6-7,10-11H2,1-2H3,(H,26,29). The van der Waals surface area contributed by atoms with Gasteiger partial charge in [-0.3, -0.25) is 9.59 Å². The third kappa shape index (κ3) is 5.51. The Labute approximate surface area is 179 Å². The van der Waals surface area contributed by atoms with Gasteiger partial charge in [0, 0.05) is 19.2 Å². The van der Waals surface area contributed by atoms with Crippen LogP contribution in [0.2, 0.25) is 0 Å². The van der Waals surface area contributed by atoms with E-state index in [1.165, 1.54) is 29.8 Å². The maximum Gasteiger partial charge on any atom is 0.293 e. The van der Waals surface area contributed by atoms with Gasteiger partial charge in [0.15, 0.2) is 5.75 Å². The molecule has 3 aromatic rings. The number of amides is 1. The smallest absolute Gasteiger partial charge is 0.293 e. The van der Waals surface area contributed by atoms with E-state index in [9.17, 15) is 19.1 Å².